The highest BCUT2D eigenvalue weighted by molar-refractivity contribution is 6.06. The Hall–Kier alpha value is -3.09. The van der Waals surface area contributed by atoms with Crippen LogP contribution in [0.1, 0.15) is 53.7 Å². The Bertz CT molecular complexity index is 974. The largest absolute Gasteiger partial charge is 0.358 e. The van der Waals surface area contributed by atoms with Crippen molar-refractivity contribution in [3.05, 3.63) is 47.4 Å². The van der Waals surface area contributed by atoms with Crippen molar-refractivity contribution in [2.45, 2.75) is 44.9 Å². The minimum absolute atomic E-state index is 0.0918. The summed E-state index contributed by atoms with van der Waals surface area (Å²) in [6.07, 6.45) is 9.89. The maximum atomic E-state index is 12.7. The molecule has 7 nitrogen and oxygen atoms in total. The number of H-pyrrole nitrogens is 2. The number of fused-ring (bicyclic) bond motifs is 3. The van der Waals surface area contributed by atoms with E-state index < -0.39 is 0 Å². The lowest BCUT2D eigenvalue weighted by atomic mass is 10.0. The molecule has 146 valence electrons. The second-order valence-corrected chi connectivity index (χ2v) is 7.27. The standard InChI is InChI=1S/C21H25N5O2/c27-19(25-14-12-23-24-13-14)10-5-11-22-21(28)17-8-4-7-16-15-6-2-1-3-9-18(15)26-20(16)17/h4,7-8,12-13,26H,1-3,5-6,9-11H2,(H,22,28)(H,23,24)(H,25,27). The van der Waals surface area contributed by atoms with E-state index in [9.17, 15) is 9.59 Å². The van der Waals surface area contributed by atoms with E-state index in [0.717, 1.165) is 18.4 Å². The summed E-state index contributed by atoms with van der Waals surface area (Å²) < 4.78 is 0. The number of aromatic amines is 2. The van der Waals surface area contributed by atoms with Crippen molar-refractivity contribution in [3.63, 3.8) is 0 Å². The smallest absolute Gasteiger partial charge is 0.253 e. The van der Waals surface area contributed by atoms with Crippen molar-refractivity contribution >= 4 is 28.4 Å². The number of carbonyl (C=O) groups is 2. The average molecular weight is 379 g/mol. The maximum Gasteiger partial charge on any atom is 0.253 e. The van der Waals surface area contributed by atoms with Crippen LogP contribution < -0.4 is 10.6 Å². The van der Waals surface area contributed by atoms with E-state index >= 15 is 0 Å². The third kappa shape index (κ3) is 3.93. The molecule has 7 heteroatoms. The predicted octanol–water partition coefficient (Wildman–Crippen LogP) is 3.31. The van der Waals surface area contributed by atoms with E-state index in [4.69, 9.17) is 0 Å². The Balaban J connectivity index is 1.36. The van der Waals surface area contributed by atoms with Crippen LogP contribution in [0.5, 0.6) is 0 Å². The minimum Gasteiger partial charge on any atom is -0.358 e. The second-order valence-electron chi connectivity index (χ2n) is 7.27. The van der Waals surface area contributed by atoms with Gasteiger partial charge in [-0.15, -0.1) is 0 Å². The van der Waals surface area contributed by atoms with Crippen LogP contribution in [-0.4, -0.2) is 33.5 Å². The van der Waals surface area contributed by atoms with Gasteiger partial charge in [-0.2, -0.15) is 5.10 Å². The van der Waals surface area contributed by atoms with Crippen molar-refractivity contribution in [1.82, 2.24) is 20.5 Å². The Morgan fingerprint density at radius 1 is 1.14 bits per heavy atom. The van der Waals surface area contributed by atoms with Gasteiger partial charge in [-0.05, 0) is 43.7 Å². The molecule has 4 rings (SSSR count). The predicted molar refractivity (Wildman–Crippen MR) is 108 cm³/mol. The maximum absolute atomic E-state index is 12.7. The SMILES string of the molecule is O=C(CCCNC(=O)c1cccc2c3c([nH]c12)CCCCC3)Nc1cn[nH]c1. The molecule has 1 aliphatic carbocycles. The molecule has 0 atom stereocenters. The van der Waals surface area contributed by atoms with Gasteiger partial charge in [0.05, 0.1) is 23.0 Å². The van der Waals surface area contributed by atoms with Gasteiger partial charge in [0.15, 0.2) is 0 Å². The van der Waals surface area contributed by atoms with Crippen molar-refractivity contribution in [3.8, 4) is 0 Å². The number of hydrogen-bond donors (Lipinski definition) is 4. The normalized spacial score (nSPS) is 13.7. The van der Waals surface area contributed by atoms with Crippen LogP contribution in [0.15, 0.2) is 30.6 Å². The molecule has 4 N–H and O–H groups in total. The van der Waals surface area contributed by atoms with Crippen LogP contribution in [0.2, 0.25) is 0 Å². The van der Waals surface area contributed by atoms with Crippen LogP contribution in [-0.2, 0) is 17.6 Å². The Labute approximate surface area is 163 Å². The van der Waals surface area contributed by atoms with Crippen LogP contribution in [0.4, 0.5) is 5.69 Å². The molecule has 2 amide bonds. The molecule has 2 aromatic heterocycles. The van der Waals surface area contributed by atoms with E-state index in [0.29, 0.717) is 30.6 Å². The van der Waals surface area contributed by atoms with Gasteiger partial charge in [0.1, 0.15) is 0 Å². The van der Waals surface area contributed by atoms with Gasteiger partial charge < -0.3 is 15.6 Å². The number of amides is 2. The molecule has 2 heterocycles. The van der Waals surface area contributed by atoms with Gasteiger partial charge >= 0.3 is 0 Å². The summed E-state index contributed by atoms with van der Waals surface area (Å²) in [5.41, 5.74) is 4.91. The van der Waals surface area contributed by atoms with Crippen molar-refractivity contribution in [2.75, 3.05) is 11.9 Å². The summed E-state index contributed by atoms with van der Waals surface area (Å²) in [7, 11) is 0. The molecular weight excluding hydrogens is 354 g/mol. The van der Waals surface area contributed by atoms with Gasteiger partial charge in [0.2, 0.25) is 5.91 Å². The van der Waals surface area contributed by atoms with Gasteiger partial charge in [0.25, 0.3) is 5.91 Å². The van der Waals surface area contributed by atoms with Gasteiger partial charge in [-0.1, -0.05) is 18.6 Å². The first-order valence-electron chi connectivity index (χ1n) is 9.91. The van der Waals surface area contributed by atoms with Crippen LogP contribution in [0.3, 0.4) is 0 Å². The number of para-hydroxylation sites is 1. The summed E-state index contributed by atoms with van der Waals surface area (Å²) in [5.74, 6) is -0.192. The molecule has 0 radical (unpaired) electrons. The first-order valence-corrected chi connectivity index (χ1v) is 9.91. The quantitative estimate of drug-likeness (QED) is 0.390. The molecule has 3 aromatic rings. The second kappa shape index (κ2) is 8.29. The van der Waals surface area contributed by atoms with E-state index in [-0.39, 0.29) is 11.8 Å². The van der Waals surface area contributed by atoms with E-state index in [1.807, 2.05) is 12.1 Å². The fourth-order valence-electron chi connectivity index (χ4n) is 3.88. The molecule has 0 unspecified atom stereocenters. The zero-order valence-electron chi connectivity index (χ0n) is 15.8. The number of hydrogen-bond acceptors (Lipinski definition) is 3. The number of carbonyl (C=O) groups excluding carboxylic acids is 2. The highest BCUT2D eigenvalue weighted by Gasteiger charge is 2.18. The molecular formula is C21H25N5O2. The van der Waals surface area contributed by atoms with E-state index in [1.165, 1.54) is 35.9 Å². The monoisotopic (exact) mass is 379 g/mol. The van der Waals surface area contributed by atoms with E-state index in [2.05, 4.69) is 31.9 Å². The first-order chi connectivity index (χ1) is 13.7. The molecule has 1 aromatic carbocycles. The number of nitrogens with one attached hydrogen (secondary N) is 4. The zero-order chi connectivity index (χ0) is 19.3. The zero-order valence-corrected chi connectivity index (χ0v) is 15.8. The number of aromatic nitrogens is 3. The minimum atomic E-state index is -0.0998. The van der Waals surface area contributed by atoms with Gasteiger partial charge in [0, 0.05) is 30.2 Å². The third-order valence-corrected chi connectivity index (χ3v) is 5.28. The van der Waals surface area contributed by atoms with Crippen LogP contribution >= 0.6 is 0 Å². The van der Waals surface area contributed by atoms with Crippen molar-refractivity contribution in [1.29, 1.82) is 0 Å². The first kappa shape index (κ1) is 18.3. The Morgan fingerprint density at radius 3 is 2.89 bits per heavy atom. The summed E-state index contributed by atoms with van der Waals surface area (Å²) in [5, 5.41) is 13.3. The van der Waals surface area contributed by atoms with Crippen LogP contribution in [0, 0.1) is 0 Å². The molecule has 28 heavy (non-hydrogen) atoms. The lowest BCUT2D eigenvalue weighted by Gasteiger charge is -2.07. The number of rotatable bonds is 6. The van der Waals surface area contributed by atoms with Gasteiger partial charge in [-0.3, -0.25) is 14.7 Å². The van der Waals surface area contributed by atoms with E-state index in [1.54, 1.807) is 12.4 Å². The highest BCUT2D eigenvalue weighted by Crippen LogP contribution is 2.30. The van der Waals surface area contributed by atoms with Crippen LogP contribution in [0.25, 0.3) is 10.9 Å². The number of benzene rings is 1. The summed E-state index contributed by atoms with van der Waals surface area (Å²) in [6, 6.07) is 5.92. The fourth-order valence-corrected chi connectivity index (χ4v) is 3.88. The summed E-state index contributed by atoms with van der Waals surface area (Å²) in [6.45, 7) is 0.453. The number of anilines is 1. The lowest BCUT2D eigenvalue weighted by molar-refractivity contribution is -0.116. The molecule has 0 spiro atoms. The Kier molecular flexibility index (Phi) is 5.41. The number of nitrogens with zero attached hydrogens (tertiary/aromatic N) is 1. The molecule has 0 saturated carbocycles. The topological polar surface area (TPSA) is 103 Å². The fraction of sp³-hybridized carbons (Fsp3) is 0.381. The van der Waals surface area contributed by atoms with Crippen molar-refractivity contribution < 1.29 is 9.59 Å². The average Bonchev–Trinajstić information content (AvgIpc) is 3.26. The lowest BCUT2D eigenvalue weighted by Crippen LogP contribution is -2.25. The van der Waals surface area contributed by atoms with Crippen molar-refractivity contribution in [2.24, 2.45) is 0 Å². The molecule has 0 bridgehead atoms. The summed E-state index contributed by atoms with van der Waals surface area (Å²) >= 11 is 0. The molecule has 0 saturated heterocycles. The Morgan fingerprint density at radius 2 is 2.04 bits per heavy atom. The van der Waals surface area contributed by atoms with Gasteiger partial charge in [-0.25, -0.2) is 0 Å². The summed E-state index contributed by atoms with van der Waals surface area (Å²) in [4.78, 5) is 28.1. The molecule has 0 fully saturated rings. The molecule has 1 aliphatic rings. The third-order valence-electron chi connectivity index (χ3n) is 5.28. The number of aryl methyl sites for hydroxylation is 2. The highest BCUT2D eigenvalue weighted by atomic mass is 16.2. The molecule has 0 aliphatic heterocycles.